The summed E-state index contributed by atoms with van der Waals surface area (Å²) in [4.78, 5) is 14.1. The summed E-state index contributed by atoms with van der Waals surface area (Å²) in [7, 11) is 0. The molecule has 0 aliphatic rings. The van der Waals surface area contributed by atoms with E-state index >= 15 is 0 Å². The monoisotopic (exact) mass is 574 g/mol. The molecule has 0 N–H and O–H groups in total. The van der Waals surface area contributed by atoms with Crippen molar-refractivity contribution in [3.05, 3.63) is 158 Å². The molecule has 0 saturated heterocycles. The molecule has 4 nitrogen and oxygen atoms in total. The van der Waals surface area contributed by atoms with Crippen LogP contribution in [0.2, 0.25) is 0 Å². The van der Waals surface area contributed by atoms with Gasteiger partial charge in [0.25, 0.3) is 0 Å². The third-order valence-electron chi connectivity index (χ3n) is 8.78. The molecule has 0 radical (unpaired) electrons. The summed E-state index contributed by atoms with van der Waals surface area (Å²) < 4.78 is 2.31. The van der Waals surface area contributed by atoms with Gasteiger partial charge in [0.1, 0.15) is 0 Å². The number of benzene rings is 5. The van der Waals surface area contributed by atoms with Crippen LogP contribution in [0.4, 0.5) is 0 Å². The smallest absolute Gasteiger partial charge is 0.0886 e. The topological polar surface area (TPSA) is 43.6 Å². The first-order valence-electron chi connectivity index (χ1n) is 15.1. The van der Waals surface area contributed by atoms with E-state index in [1.807, 2.05) is 24.8 Å². The highest BCUT2D eigenvalue weighted by Gasteiger charge is 2.13. The van der Waals surface area contributed by atoms with Crippen molar-refractivity contribution in [2.45, 2.75) is 0 Å². The third-order valence-corrected chi connectivity index (χ3v) is 8.78. The van der Waals surface area contributed by atoms with Crippen molar-refractivity contribution < 1.29 is 0 Å². The lowest BCUT2D eigenvalue weighted by Gasteiger charge is -2.11. The second-order valence-corrected chi connectivity index (χ2v) is 11.4. The maximum absolute atomic E-state index is 4.85. The van der Waals surface area contributed by atoms with Crippen LogP contribution in [-0.4, -0.2) is 19.5 Å². The number of hydrogen-bond acceptors (Lipinski definition) is 3. The maximum atomic E-state index is 4.85. The summed E-state index contributed by atoms with van der Waals surface area (Å²) in [6, 6.07) is 47.0. The van der Waals surface area contributed by atoms with Crippen LogP contribution in [0.1, 0.15) is 0 Å². The number of para-hydroxylation sites is 1. The van der Waals surface area contributed by atoms with Crippen LogP contribution in [0.3, 0.4) is 0 Å². The molecule has 210 valence electrons. The van der Waals surface area contributed by atoms with Crippen LogP contribution in [0.25, 0.3) is 82.7 Å². The van der Waals surface area contributed by atoms with E-state index in [0.29, 0.717) is 0 Å². The molecule has 4 aromatic heterocycles. The van der Waals surface area contributed by atoms with Crippen molar-refractivity contribution in [3.8, 4) is 39.3 Å². The minimum atomic E-state index is 0.847. The second-order valence-electron chi connectivity index (χ2n) is 11.4. The molecular formula is C41H26N4. The molecule has 4 heterocycles. The van der Waals surface area contributed by atoms with Crippen LogP contribution in [0, 0.1) is 0 Å². The van der Waals surface area contributed by atoms with Crippen molar-refractivity contribution >= 4 is 43.4 Å². The summed E-state index contributed by atoms with van der Waals surface area (Å²) >= 11 is 0. The standard InChI is InChI=1S/C41H26N4/c1-2-11-32-28(8-1)23-36(34-13-4-3-12-33(32)34)30-17-19-39(44-25-30)38-18-16-29(24-43-38)27-9-7-10-31(22-27)45-40-15-6-5-14-35(40)37-26-42-21-20-41(37)45/h1-26H. The Labute approximate surface area is 259 Å². The summed E-state index contributed by atoms with van der Waals surface area (Å²) in [5.41, 5.74) is 9.55. The fraction of sp³-hybridized carbons (Fsp3) is 0. The van der Waals surface area contributed by atoms with Gasteiger partial charge in [-0.3, -0.25) is 15.0 Å². The molecule has 45 heavy (non-hydrogen) atoms. The number of aromatic nitrogens is 4. The zero-order valence-corrected chi connectivity index (χ0v) is 24.3. The normalized spacial score (nSPS) is 11.6. The van der Waals surface area contributed by atoms with Crippen molar-refractivity contribution in [2.75, 3.05) is 0 Å². The summed E-state index contributed by atoms with van der Waals surface area (Å²) in [6.45, 7) is 0. The minimum Gasteiger partial charge on any atom is -0.309 e. The molecule has 0 bridgehead atoms. The molecule has 0 unspecified atom stereocenters. The van der Waals surface area contributed by atoms with E-state index in [4.69, 9.17) is 9.97 Å². The van der Waals surface area contributed by atoms with E-state index in [2.05, 4.69) is 143 Å². The van der Waals surface area contributed by atoms with E-state index in [9.17, 15) is 0 Å². The minimum absolute atomic E-state index is 0.847. The van der Waals surface area contributed by atoms with Crippen LogP contribution < -0.4 is 0 Å². The van der Waals surface area contributed by atoms with E-state index < -0.39 is 0 Å². The molecule has 0 aliphatic heterocycles. The van der Waals surface area contributed by atoms with Crippen molar-refractivity contribution in [1.82, 2.24) is 19.5 Å². The number of nitrogens with zero attached hydrogens (tertiary/aromatic N) is 4. The van der Waals surface area contributed by atoms with E-state index in [1.165, 1.54) is 32.5 Å². The number of hydrogen-bond donors (Lipinski definition) is 0. The molecule has 0 spiro atoms. The van der Waals surface area contributed by atoms with Crippen LogP contribution in [0.5, 0.6) is 0 Å². The fourth-order valence-corrected chi connectivity index (χ4v) is 6.63. The second kappa shape index (κ2) is 10.2. The lowest BCUT2D eigenvalue weighted by Crippen LogP contribution is -1.94. The molecule has 0 atom stereocenters. The lowest BCUT2D eigenvalue weighted by atomic mass is 9.94. The average Bonchev–Trinajstić information content (AvgIpc) is 3.46. The number of fused-ring (bicyclic) bond motifs is 6. The molecule has 0 saturated carbocycles. The van der Waals surface area contributed by atoms with Crippen molar-refractivity contribution in [3.63, 3.8) is 0 Å². The molecule has 0 fully saturated rings. The van der Waals surface area contributed by atoms with Gasteiger partial charge < -0.3 is 4.57 Å². The van der Waals surface area contributed by atoms with Crippen LogP contribution in [-0.2, 0) is 0 Å². The Balaban J connectivity index is 1.05. The molecule has 9 rings (SSSR count). The molecule has 5 aromatic carbocycles. The Morgan fingerprint density at radius 1 is 0.422 bits per heavy atom. The number of rotatable bonds is 4. The van der Waals surface area contributed by atoms with Gasteiger partial charge in [-0.15, -0.1) is 0 Å². The first-order chi connectivity index (χ1) is 22.3. The number of pyridine rings is 3. The highest BCUT2D eigenvalue weighted by molar-refractivity contribution is 6.13. The molecular weight excluding hydrogens is 548 g/mol. The Hall–Kier alpha value is -6.13. The van der Waals surface area contributed by atoms with Crippen LogP contribution >= 0.6 is 0 Å². The zero-order valence-electron chi connectivity index (χ0n) is 24.3. The predicted octanol–water partition coefficient (Wildman–Crippen LogP) is 10.3. The molecule has 0 amide bonds. The van der Waals surface area contributed by atoms with Crippen molar-refractivity contribution in [2.24, 2.45) is 0 Å². The average molecular weight is 575 g/mol. The van der Waals surface area contributed by atoms with Gasteiger partial charge in [-0.2, -0.15) is 0 Å². The van der Waals surface area contributed by atoms with Gasteiger partial charge in [-0.05, 0) is 75.1 Å². The Morgan fingerprint density at radius 3 is 1.91 bits per heavy atom. The van der Waals surface area contributed by atoms with Gasteiger partial charge in [0.15, 0.2) is 0 Å². The largest absolute Gasteiger partial charge is 0.309 e. The highest BCUT2D eigenvalue weighted by atomic mass is 15.0. The lowest BCUT2D eigenvalue weighted by molar-refractivity contribution is 1.17. The molecule has 4 heteroatoms. The van der Waals surface area contributed by atoms with E-state index in [1.54, 1.807) is 0 Å². The first-order valence-corrected chi connectivity index (χ1v) is 15.1. The predicted molar refractivity (Wildman–Crippen MR) is 185 cm³/mol. The zero-order chi connectivity index (χ0) is 29.7. The SMILES string of the molecule is c1cc(-c2ccc(-c3ccc(-c4cc5ccccc5c5ccccc45)cn3)nc2)cc(-n2c3ccccc3c3cnccc32)c1. The van der Waals surface area contributed by atoms with E-state index in [-0.39, 0.29) is 0 Å². The molecule has 9 aromatic rings. The maximum Gasteiger partial charge on any atom is 0.0886 e. The van der Waals surface area contributed by atoms with Crippen LogP contribution in [0.15, 0.2) is 158 Å². The van der Waals surface area contributed by atoms with Crippen molar-refractivity contribution in [1.29, 1.82) is 0 Å². The summed E-state index contributed by atoms with van der Waals surface area (Å²) in [5.74, 6) is 0. The molecule has 0 aliphatic carbocycles. The van der Waals surface area contributed by atoms with Gasteiger partial charge in [0, 0.05) is 52.4 Å². The summed E-state index contributed by atoms with van der Waals surface area (Å²) in [6.07, 6.45) is 7.71. The Kier molecular flexibility index (Phi) is 5.78. The first kappa shape index (κ1) is 25.4. The Morgan fingerprint density at radius 2 is 1.11 bits per heavy atom. The quantitative estimate of drug-likeness (QED) is 0.196. The van der Waals surface area contributed by atoms with Gasteiger partial charge in [0.05, 0.1) is 22.4 Å². The van der Waals surface area contributed by atoms with E-state index in [0.717, 1.165) is 50.2 Å². The van der Waals surface area contributed by atoms with Gasteiger partial charge in [-0.25, -0.2) is 0 Å². The highest BCUT2D eigenvalue weighted by Crippen LogP contribution is 2.36. The third kappa shape index (κ3) is 4.19. The fourth-order valence-electron chi connectivity index (χ4n) is 6.63. The van der Waals surface area contributed by atoms with Gasteiger partial charge in [-0.1, -0.05) is 91.0 Å². The Bertz CT molecular complexity index is 2470. The van der Waals surface area contributed by atoms with Gasteiger partial charge in [0.2, 0.25) is 0 Å². The summed E-state index contributed by atoms with van der Waals surface area (Å²) in [5, 5.41) is 7.33. The van der Waals surface area contributed by atoms with Gasteiger partial charge >= 0.3 is 0 Å².